The van der Waals surface area contributed by atoms with Gasteiger partial charge >= 0.3 is 32.4 Å². The summed E-state index contributed by atoms with van der Waals surface area (Å²) in [6.07, 6.45) is 4.40. The second kappa shape index (κ2) is 11.2. The Morgan fingerprint density at radius 1 is 0.644 bits per heavy atom. The Labute approximate surface area is 275 Å². The van der Waals surface area contributed by atoms with Crippen molar-refractivity contribution in [3.05, 3.63) is 155 Å². The number of fused-ring (bicyclic) bond motifs is 2. The van der Waals surface area contributed by atoms with Crippen molar-refractivity contribution in [2.45, 2.75) is 0 Å². The minimum absolute atomic E-state index is 0. The van der Waals surface area contributed by atoms with E-state index in [0.29, 0.717) is 50.5 Å². The van der Waals surface area contributed by atoms with Gasteiger partial charge in [-0.3, -0.25) is 9.55 Å². The molecule has 0 saturated heterocycles. The molecule has 220 valence electrons. The Bertz CT molecular complexity index is 2550. The number of nitrogens with zero attached hydrogens (tertiary/aromatic N) is 7. The predicted octanol–water partition coefficient (Wildman–Crippen LogP) is 5.27. The molecular weight excluding hydrogens is 746 g/mol. The molecular formula is C35H23N7O2Pt. The Kier molecular flexibility index (Phi) is 6.18. The van der Waals surface area contributed by atoms with Crippen molar-refractivity contribution < 1.29 is 25.2 Å². The van der Waals surface area contributed by atoms with Crippen LogP contribution in [0, 0.1) is 12.1 Å². The average Bonchev–Trinajstić information content (AvgIpc) is 3.77. The van der Waals surface area contributed by atoms with Crippen molar-refractivity contribution in [2.75, 3.05) is 0 Å². The topological polar surface area (TPSA) is 84.6 Å². The van der Waals surface area contributed by atoms with Crippen LogP contribution in [0.1, 0.15) is 4.11 Å². The van der Waals surface area contributed by atoms with Gasteiger partial charge in [0.1, 0.15) is 5.82 Å². The number of hydrogen-bond donors (Lipinski definition) is 0. The van der Waals surface area contributed by atoms with E-state index in [9.17, 15) is 9.59 Å². The van der Waals surface area contributed by atoms with Crippen molar-refractivity contribution in [2.24, 2.45) is 6.98 Å². The molecule has 10 heteroatoms. The molecule has 0 N–H and O–H groups in total. The second-order valence-electron chi connectivity index (χ2n) is 10.1. The number of rotatable bonds is 5. The van der Waals surface area contributed by atoms with E-state index in [1.807, 2.05) is 66.7 Å². The van der Waals surface area contributed by atoms with Crippen LogP contribution in [0.4, 0.5) is 0 Å². The molecule has 0 radical (unpaired) electrons. The van der Waals surface area contributed by atoms with E-state index < -0.39 is 12.7 Å². The molecule has 4 aromatic heterocycles. The van der Waals surface area contributed by atoms with E-state index in [1.165, 1.54) is 21.5 Å². The first-order valence-electron chi connectivity index (χ1n) is 15.3. The maximum atomic E-state index is 14.5. The molecule has 4 heterocycles. The van der Waals surface area contributed by atoms with Crippen LogP contribution < -0.4 is 11.4 Å². The van der Waals surface area contributed by atoms with Crippen molar-refractivity contribution in [3.63, 3.8) is 0 Å². The Hall–Kier alpha value is -5.53. The summed E-state index contributed by atoms with van der Waals surface area (Å²) in [4.78, 5) is 37.4. The normalized spacial score (nSPS) is 12.5. The first-order valence-corrected chi connectivity index (χ1v) is 13.8. The fraction of sp³-hybridized carbons (Fsp3) is 0.0286. The molecule has 0 bridgehead atoms. The maximum absolute atomic E-state index is 14.5. The average molecular weight is 772 g/mol. The van der Waals surface area contributed by atoms with Crippen LogP contribution in [0.5, 0.6) is 0 Å². The van der Waals surface area contributed by atoms with Crippen LogP contribution in [0.2, 0.25) is 0 Å². The van der Waals surface area contributed by atoms with E-state index in [0.717, 1.165) is 4.57 Å². The van der Waals surface area contributed by atoms with E-state index in [2.05, 4.69) is 22.1 Å². The summed E-state index contributed by atoms with van der Waals surface area (Å²) < 4.78 is 31.0. The number of aryl methyl sites for hydroxylation is 1. The summed E-state index contributed by atoms with van der Waals surface area (Å²) in [5, 5.41) is 0. The first kappa shape index (κ1) is 24.9. The zero-order valence-corrected chi connectivity index (χ0v) is 25.6. The van der Waals surface area contributed by atoms with Gasteiger partial charge in [0.25, 0.3) is 0 Å². The van der Waals surface area contributed by atoms with Gasteiger partial charge in [0.15, 0.2) is 0 Å². The van der Waals surface area contributed by atoms with Crippen molar-refractivity contribution in [1.82, 2.24) is 32.8 Å². The SMILES string of the molecule is [2H]C([2H])([2H])n1ccnc1-c1[c-]c(-n2c(=O)n(-c3ccccc3)c3cc4c([c-]c32)n(-c2ccccn2)c(=O)n4-c2ccccc2)ccc1.[Pt+2]. The first-order chi connectivity index (χ1) is 22.8. The minimum atomic E-state index is -2.46. The molecule has 0 fully saturated rings. The van der Waals surface area contributed by atoms with Crippen molar-refractivity contribution in [1.29, 1.82) is 0 Å². The Morgan fingerprint density at radius 2 is 1.29 bits per heavy atom. The Morgan fingerprint density at radius 3 is 1.93 bits per heavy atom. The van der Waals surface area contributed by atoms with Gasteiger partial charge in [-0.05, 0) is 64.2 Å². The van der Waals surface area contributed by atoms with Crippen LogP contribution in [-0.2, 0) is 28.0 Å². The number of benzene rings is 4. The van der Waals surface area contributed by atoms with E-state index in [4.69, 9.17) is 4.11 Å². The monoisotopic (exact) mass is 771 g/mol. The van der Waals surface area contributed by atoms with Crippen LogP contribution >= 0.6 is 0 Å². The molecule has 0 spiro atoms. The quantitative estimate of drug-likeness (QED) is 0.224. The Balaban J connectivity index is 0.00000364. The summed E-state index contributed by atoms with van der Waals surface area (Å²) in [5.41, 5.74) is 3.06. The summed E-state index contributed by atoms with van der Waals surface area (Å²) in [6, 6.07) is 37.3. The van der Waals surface area contributed by atoms with Gasteiger partial charge in [-0.2, -0.15) is 0 Å². The number of para-hydroxylation sites is 2. The van der Waals surface area contributed by atoms with Crippen LogP contribution in [-0.4, -0.2) is 32.8 Å². The third-order valence-corrected chi connectivity index (χ3v) is 7.50. The molecule has 45 heavy (non-hydrogen) atoms. The van der Waals surface area contributed by atoms with Crippen LogP contribution in [0.3, 0.4) is 0 Å². The third-order valence-electron chi connectivity index (χ3n) is 7.50. The number of aromatic nitrogens is 7. The smallest absolute Gasteiger partial charge is 0.373 e. The second-order valence-corrected chi connectivity index (χ2v) is 10.1. The molecule has 8 aromatic rings. The molecule has 0 unspecified atom stereocenters. The largest absolute Gasteiger partial charge is 2.00 e. The van der Waals surface area contributed by atoms with Gasteiger partial charge in [0.05, 0.1) is 5.82 Å². The fourth-order valence-corrected chi connectivity index (χ4v) is 5.58. The molecule has 0 atom stereocenters. The number of imidazole rings is 3. The third kappa shape index (κ3) is 4.51. The molecule has 9 nitrogen and oxygen atoms in total. The summed E-state index contributed by atoms with van der Waals surface area (Å²) in [6.45, 7) is -2.46. The molecule has 0 amide bonds. The summed E-state index contributed by atoms with van der Waals surface area (Å²) in [7, 11) is 0. The molecule has 0 aliphatic heterocycles. The maximum Gasteiger partial charge on any atom is 2.00 e. The van der Waals surface area contributed by atoms with Gasteiger partial charge in [-0.1, -0.05) is 42.5 Å². The van der Waals surface area contributed by atoms with E-state index >= 15 is 0 Å². The standard InChI is InChI=1S/C35H23N7O2.Pt/c1-38-20-19-37-33(38)24-11-10-16-27(21-24)41-29-23-31-30(22-28(29)39(34(41)43)25-12-4-2-5-13-25)40(26-14-6-3-7-15-26)35(44)42(31)32-17-8-9-18-36-32;/h2-20,22H,1H3;/q-2;+2/i1D3;. The predicted molar refractivity (Wildman–Crippen MR) is 169 cm³/mol. The van der Waals surface area contributed by atoms with Gasteiger partial charge < -0.3 is 18.3 Å². The van der Waals surface area contributed by atoms with Crippen LogP contribution in [0.25, 0.3) is 56.3 Å². The van der Waals surface area contributed by atoms with Gasteiger partial charge in [-0.15, -0.1) is 42.0 Å². The van der Waals surface area contributed by atoms with Crippen LogP contribution in [0.15, 0.2) is 131 Å². The van der Waals surface area contributed by atoms with Gasteiger partial charge in [0, 0.05) is 41.1 Å². The number of hydrogen-bond acceptors (Lipinski definition) is 4. The van der Waals surface area contributed by atoms with Gasteiger partial charge in [-0.25, -0.2) is 14.6 Å². The fourth-order valence-electron chi connectivity index (χ4n) is 5.58. The molecule has 4 aromatic carbocycles. The van der Waals surface area contributed by atoms with Gasteiger partial charge in [0.2, 0.25) is 0 Å². The van der Waals surface area contributed by atoms with Crippen molar-refractivity contribution in [3.8, 4) is 34.3 Å². The zero-order valence-electron chi connectivity index (χ0n) is 26.3. The van der Waals surface area contributed by atoms with E-state index in [-0.39, 0.29) is 32.6 Å². The minimum Gasteiger partial charge on any atom is -0.373 e. The van der Waals surface area contributed by atoms with E-state index in [1.54, 1.807) is 51.7 Å². The summed E-state index contributed by atoms with van der Waals surface area (Å²) in [5.74, 6) is 0.580. The summed E-state index contributed by atoms with van der Waals surface area (Å²) >= 11 is 0. The number of pyridine rings is 1. The van der Waals surface area contributed by atoms with Crippen molar-refractivity contribution >= 4 is 22.1 Å². The molecule has 8 rings (SSSR count). The molecule has 0 aliphatic rings. The molecule has 0 aliphatic carbocycles. The molecule has 0 saturated carbocycles. The zero-order chi connectivity index (χ0) is 32.3.